The van der Waals surface area contributed by atoms with E-state index in [1.54, 1.807) is 24.3 Å². The Morgan fingerprint density at radius 2 is 1.70 bits per heavy atom. The first kappa shape index (κ1) is 20.9. The zero-order chi connectivity index (χ0) is 19.8. The lowest BCUT2D eigenvalue weighted by atomic mass is 9.97. The molecule has 27 heavy (non-hydrogen) atoms. The minimum Gasteiger partial charge on any atom is -0.491 e. The van der Waals surface area contributed by atoms with Gasteiger partial charge in [0.15, 0.2) is 5.11 Å². The van der Waals surface area contributed by atoms with Crippen molar-refractivity contribution in [1.29, 1.82) is 0 Å². The number of thiocarbonyl (C=S) groups is 1. The number of carbonyl (C=O) groups excluding carboxylic acids is 1. The first-order valence-electron chi connectivity index (χ1n) is 9.42. The standard InChI is InChI=1S/C22H28N2O2S/c1-5-15(3)19-9-7-8-10-20(19)23-22(27)24-21(25)17-11-13-18(14-12-17)26-16(4)6-2/h7-16H,5-6H2,1-4H3,(H2,23,24,25,27)/t15-,16-/m1/s1. The molecule has 2 aromatic carbocycles. The third kappa shape index (κ3) is 6.07. The number of nitrogens with one attached hydrogen (secondary N) is 2. The molecule has 2 atom stereocenters. The molecule has 2 N–H and O–H groups in total. The van der Waals surface area contributed by atoms with Crippen LogP contribution in [0, 0.1) is 0 Å². The predicted molar refractivity (Wildman–Crippen MR) is 116 cm³/mol. The van der Waals surface area contributed by atoms with Crippen molar-refractivity contribution in [3.05, 3.63) is 59.7 Å². The van der Waals surface area contributed by atoms with Crippen LogP contribution in [-0.2, 0) is 0 Å². The maximum Gasteiger partial charge on any atom is 0.257 e. The summed E-state index contributed by atoms with van der Waals surface area (Å²) in [6.07, 6.45) is 2.11. The number of carbonyl (C=O) groups is 1. The maximum atomic E-state index is 12.4. The van der Waals surface area contributed by atoms with Crippen LogP contribution in [0.2, 0.25) is 0 Å². The quantitative estimate of drug-likeness (QED) is 0.619. The van der Waals surface area contributed by atoms with Gasteiger partial charge in [-0.15, -0.1) is 0 Å². The summed E-state index contributed by atoms with van der Waals surface area (Å²) in [5.41, 5.74) is 2.64. The summed E-state index contributed by atoms with van der Waals surface area (Å²) >= 11 is 5.33. The Morgan fingerprint density at radius 1 is 1.04 bits per heavy atom. The Balaban J connectivity index is 1.99. The van der Waals surface area contributed by atoms with Gasteiger partial charge in [0.05, 0.1) is 6.10 Å². The van der Waals surface area contributed by atoms with Gasteiger partial charge in [0, 0.05) is 11.3 Å². The molecule has 0 aromatic heterocycles. The van der Waals surface area contributed by atoms with Crippen molar-refractivity contribution < 1.29 is 9.53 Å². The van der Waals surface area contributed by atoms with Crippen LogP contribution in [0.3, 0.4) is 0 Å². The molecule has 0 aliphatic carbocycles. The van der Waals surface area contributed by atoms with Crippen LogP contribution in [0.5, 0.6) is 5.75 Å². The highest BCUT2D eigenvalue weighted by Gasteiger charge is 2.12. The van der Waals surface area contributed by atoms with E-state index in [4.69, 9.17) is 17.0 Å². The van der Waals surface area contributed by atoms with Gasteiger partial charge in [-0.2, -0.15) is 0 Å². The number of rotatable bonds is 7. The van der Waals surface area contributed by atoms with E-state index in [2.05, 4.69) is 37.5 Å². The molecule has 0 aliphatic rings. The highest BCUT2D eigenvalue weighted by Crippen LogP contribution is 2.26. The van der Waals surface area contributed by atoms with Gasteiger partial charge in [0.25, 0.3) is 5.91 Å². The van der Waals surface area contributed by atoms with Crippen molar-refractivity contribution in [1.82, 2.24) is 5.32 Å². The van der Waals surface area contributed by atoms with Crippen molar-refractivity contribution in [2.24, 2.45) is 0 Å². The number of hydrogen-bond donors (Lipinski definition) is 2. The molecule has 0 heterocycles. The Labute approximate surface area is 167 Å². The molecule has 4 nitrogen and oxygen atoms in total. The lowest BCUT2D eigenvalue weighted by molar-refractivity contribution is 0.0977. The predicted octanol–water partition coefficient (Wildman–Crippen LogP) is 5.50. The summed E-state index contributed by atoms with van der Waals surface area (Å²) in [5, 5.41) is 6.17. The normalized spacial score (nSPS) is 12.7. The number of hydrogen-bond acceptors (Lipinski definition) is 3. The fraction of sp³-hybridized carbons (Fsp3) is 0.364. The van der Waals surface area contributed by atoms with Crippen molar-refractivity contribution >= 4 is 28.9 Å². The van der Waals surface area contributed by atoms with E-state index >= 15 is 0 Å². The Bertz CT molecular complexity index is 774. The molecule has 0 saturated carbocycles. The van der Waals surface area contributed by atoms with Gasteiger partial charge in [-0.25, -0.2) is 0 Å². The van der Waals surface area contributed by atoms with Crippen LogP contribution >= 0.6 is 12.2 Å². The molecule has 0 saturated heterocycles. The van der Waals surface area contributed by atoms with E-state index < -0.39 is 0 Å². The van der Waals surface area contributed by atoms with Gasteiger partial charge >= 0.3 is 0 Å². The Hall–Kier alpha value is -2.40. The van der Waals surface area contributed by atoms with E-state index in [-0.39, 0.29) is 17.1 Å². The average molecular weight is 385 g/mol. The van der Waals surface area contributed by atoms with E-state index in [0.717, 1.165) is 24.3 Å². The van der Waals surface area contributed by atoms with Crippen LogP contribution in [0.25, 0.3) is 0 Å². The third-order valence-electron chi connectivity index (χ3n) is 4.61. The lowest BCUT2D eigenvalue weighted by Gasteiger charge is -2.17. The second-order valence-corrected chi connectivity index (χ2v) is 7.07. The second kappa shape index (κ2) is 10.1. The largest absolute Gasteiger partial charge is 0.491 e. The summed E-state index contributed by atoms with van der Waals surface area (Å²) in [5.74, 6) is 0.915. The summed E-state index contributed by atoms with van der Waals surface area (Å²) < 4.78 is 5.73. The molecule has 5 heteroatoms. The molecule has 0 fully saturated rings. The number of anilines is 1. The van der Waals surface area contributed by atoms with Gasteiger partial charge in [0.2, 0.25) is 0 Å². The van der Waals surface area contributed by atoms with Gasteiger partial charge in [-0.05, 0) is 73.8 Å². The van der Waals surface area contributed by atoms with Crippen LogP contribution in [-0.4, -0.2) is 17.1 Å². The fourth-order valence-electron chi connectivity index (χ4n) is 2.59. The summed E-state index contributed by atoms with van der Waals surface area (Å²) in [6.45, 7) is 8.41. The van der Waals surface area contributed by atoms with E-state index in [1.807, 2.05) is 25.1 Å². The molecule has 0 spiro atoms. The Morgan fingerprint density at radius 3 is 2.33 bits per heavy atom. The lowest BCUT2D eigenvalue weighted by Crippen LogP contribution is -2.34. The van der Waals surface area contributed by atoms with E-state index in [9.17, 15) is 4.79 Å². The van der Waals surface area contributed by atoms with E-state index in [1.165, 1.54) is 5.56 Å². The fourth-order valence-corrected chi connectivity index (χ4v) is 2.79. The van der Waals surface area contributed by atoms with Crippen LogP contribution < -0.4 is 15.4 Å². The zero-order valence-corrected chi connectivity index (χ0v) is 17.2. The van der Waals surface area contributed by atoms with Crippen molar-refractivity contribution in [2.75, 3.05) is 5.32 Å². The molecular weight excluding hydrogens is 356 g/mol. The molecule has 2 aromatic rings. The van der Waals surface area contributed by atoms with Gasteiger partial charge in [0.1, 0.15) is 5.75 Å². The van der Waals surface area contributed by atoms with Crippen molar-refractivity contribution in [3.8, 4) is 5.75 Å². The zero-order valence-electron chi connectivity index (χ0n) is 16.4. The minimum atomic E-state index is -0.247. The molecule has 144 valence electrons. The summed E-state index contributed by atoms with van der Waals surface area (Å²) in [4.78, 5) is 12.4. The molecule has 1 amide bonds. The highest BCUT2D eigenvalue weighted by atomic mass is 32.1. The maximum absolute atomic E-state index is 12.4. The minimum absolute atomic E-state index is 0.145. The second-order valence-electron chi connectivity index (χ2n) is 6.67. The van der Waals surface area contributed by atoms with Crippen LogP contribution in [0.1, 0.15) is 62.4 Å². The Kier molecular flexibility index (Phi) is 7.80. The molecule has 0 aliphatic heterocycles. The van der Waals surface area contributed by atoms with Gasteiger partial charge in [-0.1, -0.05) is 39.0 Å². The number of para-hydroxylation sites is 1. The first-order chi connectivity index (χ1) is 12.9. The monoisotopic (exact) mass is 384 g/mol. The van der Waals surface area contributed by atoms with Crippen molar-refractivity contribution in [2.45, 2.75) is 52.6 Å². The summed E-state index contributed by atoms with van der Waals surface area (Å²) in [6, 6.07) is 15.1. The van der Waals surface area contributed by atoms with Crippen LogP contribution in [0.4, 0.5) is 5.69 Å². The third-order valence-corrected chi connectivity index (χ3v) is 4.81. The number of ether oxygens (including phenoxy) is 1. The first-order valence-corrected chi connectivity index (χ1v) is 9.83. The number of benzene rings is 2. The molecule has 2 rings (SSSR count). The SMILES string of the molecule is CC[C@@H](C)Oc1ccc(C(=O)NC(=S)Nc2ccccc2[C@H](C)CC)cc1. The number of amides is 1. The molecular formula is C22H28N2O2S. The summed E-state index contributed by atoms with van der Waals surface area (Å²) in [7, 11) is 0. The molecule has 0 radical (unpaired) electrons. The molecule has 0 unspecified atom stereocenters. The average Bonchev–Trinajstić information content (AvgIpc) is 2.68. The highest BCUT2D eigenvalue weighted by molar-refractivity contribution is 7.80. The topological polar surface area (TPSA) is 50.4 Å². The van der Waals surface area contributed by atoms with Gasteiger partial charge in [-0.3, -0.25) is 10.1 Å². The van der Waals surface area contributed by atoms with Crippen molar-refractivity contribution in [3.63, 3.8) is 0 Å². The van der Waals surface area contributed by atoms with Gasteiger partial charge < -0.3 is 10.1 Å². The molecule has 0 bridgehead atoms. The van der Waals surface area contributed by atoms with E-state index in [0.29, 0.717) is 11.5 Å². The van der Waals surface area contributed by atoms with Crippen LogP contribution in [0.15, 0.2) is 48.5 Å². The smallest absolute Gasteiger partial charge is 0.257 e.